The maximum Gasteiger partial charge on any atom is 0.306 e. The molecule has 5 heteroatoms. The van der Waals surface area contributed by atoms with Crippen molar-refractivity contribution in [1.82, 2.24) is 5.16 Å². The Morgan fingerprint density at radius 2 is 2.50 bits per heavy atom. The van der Waals surface area contributed by atoms with Crippen LogP contribution in [0.5, 0.6) is 0 Å². The molecule has 0 aliphatic carbocycles. The van der Waals surface area contributed by atoms with Crippen molar-refractivity contribution in [3.8, 4) is 0 Å². The first kappa shape index (κ1) is 8.73. The van der Waals surface area contributed by atoms with Gasteiger partial charge in [0.25, 0.3) is 0 Å². The molecule has 0 radical (unpaired) electrons. The summed E-state index contributed by atoms with van der Waals surface area (Å²) in [6.07, 6.45) is -1.44. The number of nitrogens with zero attached hydrogens (tertiary/aromatic N) is 1. The molecule has 0 saturated carbocycles. The summed E-state index contributed by atoms with van der Waals surface area (Å²) in [5, 5.41) is 21.0. The van der Waals surface area contributed by atoms with E-state index in [0.717, 1.165) is 0 Å². The van der Waals surface area contributed by atoms with E-state index in [1.54, 1.807) is 6.92 Å². The number of carboxylic acid groups (broad SMARTS) is 1. The van der Waals surface area contributed by atoms with Gasteiger partial charge in [0.05, 0.1) is 6.42 Å². The van der Waals surface area contributed by atoms with E-state index in [2.05, 4.69) is 9.68 Å². The SMILES string of the molecule is Cc1cc(C(O)CC(=O)O)no1. The highest BCUT2D eigenvalue weighted by Gasteiger charge is 2.15. The van der Waals surface area contributed by atoms with Crippen LogP contribution in [-0.4, -0.2) is 21.3 Å². The van der Waals surface area contributed by atoms with Gasteiger partial charge in [-0.3, -0.25) is 4.79 Å². The molecule has 1 atom stereocenters. The van der Waals surface area contributed by atoms with Gasteiger partial charge in [-0.05, 0) is 6.92 Å². The molecule has 1 rings (SSSR count). The predicted molar refractivity (Wildman–Crippen MR) is 38.5 cm³/mol. The monoisotopic (exact) mass is 171 g/mol. The molecule has 1 aromatic rings. The molecule has 0 aliphatic heterocycles. The Bertz CT molecular complexity index is 281. The summed E-state index contributed by atoms with van der Waals surface area (Å²) in [4.78, 5) is 10.2. The maximum absolute atomic E-state index is 10.2. The highest BCUT2D eigenvalue weighted by Crippen LogP contribution is 2.15. The molecule has 5 nitrogen and oxygen atoms in total. The number of rotatable bonds is 3. The van der Waals surface area contributed by atoms with Gasteiger partial charge >= 0.3 is 5.97 Å². The Kier molecular flexibility index (Phi) is 2.44. The quantitative estimate of drug-likeness (QED) is 0.691. The van der Waals surface area contributed by atoms with Crippen LogP contribution in [0.15, 0.2) is 10.6 Å². The summed E-state index contributed by atoms with van der Waals surface area (Å²) < 4.78 is 4.66. The molecule has 0 aromatic carbocycles. The molecule has 0 fully saturated rings. The molecular formula is C7H9NO4. The van der Waals surface area contributed by atoms with Crippen LogP contribution in [0.3, 0.4) is 0 Å². The van der Waals surface area contributed by atoms with Gasteiger partial charge in [0.2, 0.25) is 0 Å². The number of carboxylic acids is 1. The van der Waals surface area contributed by atoms with Crippen LogP contribution in [0, 0.1) is 6.92 Å². The summed E-state index contributed by atoms with van der Waals surface area (Å²) in [7, 11) is 0. The van der Waals surface area contributed by atoms with Crippen LogP contribution in [0.1, 0.15) is 24.0 Å². The van der Waals surface area contributed by atoms with Crippen LogP contribution < -0.4 is 0 Å². The molecule has 1 aromatic heterocycles. The number of aryl methyl sites for hydroxylation is 1. The fourth-order valence-corrected chi connectivity index (χ4v) is 0.813. The third-order valence-corrected chi connectivity index (χ3v) is 1.36. The Morgan fingerprint density at radius 1 is 1.83 bits per heavy atom. The number of aromatic nitrogens is 1. The van der Waals surface area contributed by atoms with Crippen LogP contribution >= 0.6 is 0 Å². The Balaban J connectivity index is 2.64. The van der Waals surface area contributed by atoms with E-state index in [4.69, 9.17) is 5.11 Å². The van der Waals surface area contributed by atoms with Crippen molar-refractivity contribution in [3.05, 3.63) is 17.5 Å². The fourth-order valence-electron chi connectivity index (χ4n) is 0.813. The predicted octanol–water partition coefficient (Wildman–Crippen LogP) is 0.491. The van der Waals surface area contributed by atoms with Gasteiger partial charge in [-0.1, -0.05) is 5.16 Å². The van der Waals surface area contributed by atoms with Crippen LogP contribution in [-0.2, 0) is 4.79 Å². The van der Waals surface area contributed by atoms with Crippen molar-refractivity contribution in [2.24, 2.45) is 0 Å². The average Bonchev–Trinajstić information content (AvgIpc) is 2.34. The van der Waals surface area contributed by atoms with Gasteiger partial charge in [0, 0.05) is 6.07 Å². The molecule has 0 saturated heterocycles. The minimum Gasteiger partial charge on any atom is -0.481 e. The van der Waals surface area contributed by atoms with Gasteiger partial charge < -0.3 is 14.7 Å². The van der Waals surface area contributed by atoms with Crippen molar-refractivity contribution in [3.63, 3.8) is 0 Å². The second-order valence-electron chi connectivity index (χ2n) is 2.48. The summed E-state index contributed by atoms with van der Waals surface area (Å²) in [6.45, 7) is 1.67. The maximum atomic E-state index is 10.2. The lowest BCUT2D eigenvalue weighted by molar-refractivity contribution is -0.139. The molecule has 0 bridgehead atoms. The Labute approximate surface area is 68.6 Å². The molecule has 0 amide bonds. The molecule has 1 unspecified atom stereocenters. The van der Waals surface area contributed by atoms with E-state index >= 15 is 0 Å². The van der Waals surface area contributed by atoms with Gasteiger partial charge in [-0.25, -0.2) is 0 Å². The highest BCUT2D eigenvalue weighted by atomic mass is 16.5. The number of hydrogen-bond donors (Lipinski definition) is 2. The zero-order chi connectivity index (χ0) is 9.14. The molecule has 0 spiro atoms. The number of hydrogen-bond acceptors (Lipinski definition) is 4. The van der Waals surface area contributed by atoms with Gasteiger partial charge in [0.1, 0.15) is 17.6 Å². The molecule has 0 aliphatic rings. The van der Waals surface area contributed by atoms with E-state index in [1.807, 2.05) is 0 Å². The minimum absolute atomic E-state index is 0.259. The van der Waals surface area contributed by atoms with Crippen molar-refractivity contribution in [2.45, 2.75) is 19.4 Å². The first-order valence-corrected chi connectivity index (χ1v) is 3.42. The van der Waals surface area contributed by atoms with Crippen molar-refractivity contribution >= 4 is 5.97 Å². The average molecular weight is 171 g/mol. The van der Waals surface area contributed by atoms with E-state index in [0.29, 0.717) is 5.76 Å². The molecule has 12 heavy (non-hydrogen) atoms. The summed E-state index contributed by atoms with van der Waals surface area (Å²) in [6, 6.07) is 1.51. The zero-order valence-electron chi connectivity index (χ0n) is 6.52. The third-order valence-electron chi connectivity index (χ3n) is 1.36. The number of aliphatic carboxylic acids is 1. The van der Waals surface area contributed by atoms with Crippen molar-refractivity contribution in [1.29, 1.82) is 0 Å². The molecule has 1 heterocycles. The molecule has 66 valence electrons. The topological polar surface area (TPSA) is 83.6 Å². The Morgan fingerprint density at radius 3 is 2.92 bits per heavy atom. The van der Waals surface area contributed by atoms with E-state index < -0.39 is 12.1 Å². The first-order valence-electron chi connectivity index (χ1n) is 3.42. The van der Waals surface area contributed by atoms with Crippen molar-refractivity contribution < 1.29 is 19.5 Å². The van der Waals surface area contributed by atoms with Gasteiger partial charge in [-0.2, -0.15) is 0 Å². The van der Waals surface area contributed by atoms with Crippen LogP contribution in [0.2, 0.25) is 0 Å². The van der Waals surface area contributed by atoms with E-state index in [1.165, 1.54) is 6.07 Å². The molecule has 2 N–H and O–H groups in total. The number of carbonyl (C=O) groups is 1. The smallest absolute Gasteiger partial charge is 0.306 e. The van der Waals surface area contributed by atoms with Gasteiger partial charge in [0.15, 0.2) is 0 Å². The summed E-state index contributed by atoms with van der Waals surface area (Å²) in [5.41, 5.74) is 0.259. The summed E-state index contributed by atoms with van der Waals surface area (Å²) in [5.74, 6) is -0.516. The van der Waals surface area contributed by atoms with E-state index in [-0.39, 0.29) is 12.1 Å². The van der Waals surface area contributed by atoms with E-state index in [9.17, 15) is 9.90 Å². The van der Waals surface area contributed by atoms with Crippen LogP contribution in [0.25, 0.3) is 0 Å². The summed E-state index contributed by atoms with van der Waals surface area (Å²) >= 11 is 0. The zero-order valence-corrected chi connectivity index (χ0v) is 6.52. The number of aliphatic hydroxyl groups is 1. The lowest BCUT2D eigenvalue weighted by Crippen LogP contribution is -2.05. The fraction of sp³-hybridized carbons (Fsp3) is 0.429. The molecular weight excluding hydrogens is 162 g/mol. The van der Waals surface area contributed by atoms with Gasteiger partial charge in [-0.15, -0.1) is 0 Å². The minimum atomic E-state index is -1.08. The number of aliphatic hydroxyl groups excluding tert-OH is 1. The second-order valence-corrected chi connectivity index (χ2v) is 2.48. The first-order chi connectivity index (χ1) is 5.59. The van der Waals surface area contributed by atoms with Crippen LogP contribution in [0.4, 0.5) is 0 Å². The standard InChI is InChI=1S/C7H9NO4/c1-4-2-5(8-12-4)6(9)3-7(10)11/h2,6,9H,3H2,1H3,(H,10,11). The Hall–Kier alpha value is -1.36. The normalized spacial score (nSPS) is 12.8. The van der Waals surface area contributed by atoms with Crippen molar-refractivity contribution in [2.75, 3.05) is 0 Å². The third kappa shape index (κ3) is 2.06. The largest absolute Gasteiger partial charge is 0.481 e. The highest BCUT2D eigenvalue weighted by molar-refractivity contribution is 5.67. The second kappa shape index (κ2) is 3.36. The lowest BCUT2D eigenvalue weighted by Gasteiger charge is -2.00. The lowest BCUT2D eigenvalue weighted by atomic mass is 10.2.